The van der Waals surface area contributed by atoms with E-state index in [-0.39, 0.29) is 10.8 Å². The second-order valence-corrected chi connectivity index (χ2v) is 8.75. The molecule has 26 heavy (non-hydrogen) atoms. The van der Waals surface area contributed by atoms with Crippen LogP contribution >= 0.6 is 0 Å². The fourth-order valence-electron chi connectivity index (χ4n) is 2.62. The summed E-state index contributed by atoms with van der Waals surface area (Å²) >= 11 is 0. The average Bonchev–Trinajstić information content (AvgIpc) is 2.61. The molecule has 0 amide bonds. The van der Waals surface area contributed by atoms with Gasteiger partial charge in [-0.2, -0.15) is 0 Å². The Morgan fingerprint density at radius 2 is 0.923 bits per heavy atom. The van der Waals surface area contributed by atoms with E-state index in [9.17, 15) is 0 Å². The van der Waals surface area contributed by atoms with Crippen molar-refractivity contribution in [3.8, 4) is 22.5 Å². The van der Waals surface area contributed by atoms with Crippen LogP contribution in [-0.4, -0.2) is 15.0 Å². The number of nitrogens with zero attached hydrogens (tertiary/aromatic N) is 3. The first-order chi connectivity index (χ1) is 12.1. The standard InChI is InChI=1S/C23H27N3/c1-22(2,3)20-24-19(25-21(26-20)23(4,5)6)18-14-12-17(13-15-18)16-10-8-7-9-11-16/h7-15H,1-6H3. The van der Waals surface area contributed by atoms with Gasteiger partial charge in [0.1, 0.15) is 11.6 Å². The molecule has 0 saturated heterocycles. The first kappa shape index (κ1) is 18.2. The van der Waals surface area contributed by atoms with Crippen LogP contribution in [0.4, 0.5) is 0 Å². The zero-order valence-electron chi connectivity index (χ0n) is 16.5. The molecule has 3 aromatic rings. The fraction of sp³-hybridized carbons (Fsp3) is 0.348. The van der Waals surface area contributed by atoms with Crippen LogP contribution in [0.3, 0.4) is 0 Å². The summed E-state index contributed by atoms with van der Waals surface area (Å²) in [5.74, 6) is 2.41. The van der Waals surface area contributed by atoms with Crippen LogP contribution < -0.4 is 0 Å². The molecule has 0 aliphatic heterocycles. The molecule has 0 saturated carbocycles. The van der Waals surface area contributed by atoms with Crippen molar-refractivity contribution in [2.24, 2.45) is 0 Å². The van der Waals surface area contributed by atoms with Crippen molar-refractivity contribution < 1.29 is 0 Å². The van der Waals surface area contributed by atoms with Crippen molar-refractivity contribution in [3.05, 3.63) is 66.2 Å². The van der Waals surface area contributed by atoms with Crippen molar-refractivity contribution in [1.29, 1.82) is 0 Å². The molecule has 3 heteroatoms. The first-order valence-electron chi connectivity index (χ1n) is 9.07. The van der Waals surface area contributed by atoms with E-state index in [1.165, 1.54) is 11.1 Å². The normalized spacial score (nSPS) is 12.2. The summed E-state index contributed by atoms with van der Waals surface area (Å²) in [4.78, 5) is 14.3. The second kappa shape index (κ2) is 6.64. The highest BCUT2D eigenvalue weighted by molar-refractivity contribution is 5.67. The zero-order valence-corrected chi connectivity index (χ0v) is 16.5. The highest BCUT2D eigenvalue weighted by atomic mass is 15.0. The molecule has 1 heterocycles. The number of benzene rings is 2. The predicted octanol–water partition coefficient (Wildman–Crippen LogP) is 5.80. The third kappa shape index (κ3) is 3.98. The summed E-state index contributed by atoms with van der Waals surface area (Å²) in [6, 6.07) is 18.8. The molecular weight excluding hydrogens is 318 g/mol. The predicted molar refractivity (Wildman–Crippen MR) is 108 cm³/mol. The van der Waals surface area contributed by atoms with Gasteiger partial charge in [0.25, 0.3) is 0 Å². The number of aromatic nitrogens is 3. The maximum atomic E-state index is 4.77. The minimum atomic E-state index is -0.123. The summed E-state index contributed by atoms with van der Waals surface area (Å²) in [5, 5.41) is 0. The molecule has 0 spiro atoms. The van der Waals surface area contributed by atoms with Crippen molar-refractivity contribution in [2.45, 2.75) is 52.4 Å². The van der Waals surface area contributed by atoms with Crippen LogP contribution in [0.2, 0.25) is 0 Å². The molecular formula is C23H27N3. The summed E-state index contributed by atoms with van der Waals surface area (Å²) in [5.41, 5.74) is 3.17. The summed E-state index contributed by atoms with van der Waals surface area (Å²) in [7, 11) is 0. The highest BCUT2D eigenvalue weighted by Gasteiger charge is 2.25. The Labute approximate surface area is 156 Å². The van der Waals surface area contributed by atoms with Gasteiger partial charge in [-0.1, -0.05) is 96.1 Å². The van der Waals surface area contributed by atoms with Gasteiger partial charge in [0.05, 0.1) is 0 Å². The minimum Gasteiger partial charge on any atom is -0.217 e. The van der Waals surface area contributed by atoms with Gasteiger partial charge in [0.2, 0.25) is 0 Å². The summed E-state index contributed by atoms with van der Waals surface area (Å²) < 4.78 is 0. The lowest BCUT2D eigenvalue weighted by atomic mass is 9.93. The molecule has 0 atom stereocenters. The van der Waals surface area contributed by atoms with Crippen LogP contribution in [0.15, 0.2) is 54.6 Å². The average molecular weight is 345 g/mol. The Kier molecular flexibility index (Phi) is 4.66. The molecule has 3 rings (SSSR count). The summed E-state index contributed by atoms with van der Waals surface area (Å²) in [6.07, 6.45) is 0. The molecule has 0 aliphatic carbocycles. The molecule has 1 aromatic heterocycles. The molecule has 3 nitrogen and oxygen atoms in total. The Morgan fingerprint density at radius 1 is 0.500 bits per heavy atom. The minimum absolute atomic E-state index is 0.123. The van der Waals surface area contributed by atoms with Gasteiger partial charge in [-0.3, -0.25) is 0 Å². The van der Waals surface area contributed by atoms with Crippen molar-refractivity contribution >= 4 is 0 Å². The topological polar surface area (TPSA) is 38.7 Å². The van der Waals surface area contributed by atoms with E-state index in [1.54, 1.807) is 0 Å². The Balaban J connectivity index is 2.06. The Hall–Kier alpha value is -2.55. The van der Waals surface area contributed by atoms with Gasteiger partial charge < -0.3 is 0 Å². The van der Waals surface area contributed by atoms with E-state index in [2.05, 4.69) is 90.1 Å². The van der Waals surface area contributed by atoms with Gasteiger partial charge in [-0.05, 0) is 11.1 Å². The maximum Gasteiger partial charge on any atom is 0.163 e. The molecule has 134 valence electrons. The third-order valence-corrected chi connectivity index (χ3v) is 4.23. The van der Waals surface area contributed by atoms with Crippen LogP contribution in [0, 0.1) is 0 Å². The monoisotopic (exact) mass is 345 g/mol. The third-order valence-electron chi connectivity index (χ3n) is 4.23. The van der Waals surface area contributed by atoms with Gasteiger partial charge in [-0.25, -0.2) is 15.0 Å². The number of rotatable bonds is 2. The van der Waals surface area contributed by atoms with Gasteiger partial charge in [-0.15, -0.1) is 0 Å². The molecule has 0 bridgehead atoms. The quantitative estimate of drug-likeness (QED) is 0.589. The highest BCUT2D eigenvalue weighted by Crippen LogP contribution is 2.28. The van der Waals surface area contributed by atoms with E-state index in [4.69, 9.17) is 15.0 Å². The molecule has 0 unspecified atom stereocenters. The number of hydrogen-bond acceptors (Lipinski definition) is 3. The van der Waals surface area contributed by atoms with E-state index >= 15 is 0 Å². The molecule has 0 radical (unpaired) electrons. The van der Waals surface area contributed by atoms with E-state index in [0.717, 1.165) is 23.0 Å². The molecule has 2 aromatic carbocycles. The maximum absolute atomic E-state index is 4.77. The van der Waals surface area contributed by atoms with Crippen molar-refractivity contribution in [2.75, 3.05) is 0 Å². The van der Waals surface area contributed by atoms with E-state index in [1.807, 2.05) is 6.07 Å². The Morgan fingerprint density at radius 3 is 1.38 bits per heavy atom. The Bertz CT molecular complexity index is 851. The first-order valence-corrected chi connectivity index (χ1v) is 9.07. The molecule has 0 N–H and O–H groups in total. The lowest BCUT2D eigenvalue weighted by Gasteiger charge is -2.22. The van der Waals surface area contributed by atoms with Gasteiger partial charge in [0, 0.05) is 16.4 Å². The van der Waals surface area contributed by atoms with Crippen LogP contribution in [-0.2, 0) is 10.8 Å². The van der Waals surface area contributed by atoms with Gasteiger partial charge >= 0.3 is 0 Å². The second-order valence-electron chi connectivity index (χ2n) is 8.75. The SMILES string of the molecule is CC(C)(C)c1nc(-c2ccc(-c3ccccc3)cc2)nc(C(C)(C)C)n1. The van der Waals surface area contributed by atoms with Crippen molar-refractivity contribution in [3.63, 3.8) is 0 Å². The van der Waals surface area contributed by atoms with Crippen LogP contribution in [0.1, 0.15) is 53.2 Å². The molecule has 0 fully saturated rings. The lowest BCUT2D eigenvalue weighted by Crippen LogP contribution is -2.24. The lowest BCUT2D eigenvalue weighted by molar-refractivity contribution is 0.497. The van der Waals surface area contributed by atoms with E-state index in [0.29, 0.717) is 0 Å². The van der Waals surface area contributed by atoms with Gasteiger partial charge in [0.15, 0.2) is 5.82 Å². The van der Waals surface area contributed by atoms with Crippen molar-refractivity contribution in [1.82, 2.24) is 15.0 Å². The van der Waals surface area contributed by atoms with E-state index < -0.39 is 0 Å². The molecule has 0 aliphatic rings. The smallest absolute Gasteiger partial charge is 0.163 e. The fourth-order valence-corrected chi connectivity index (χ4v) is 2.62. The zero-order chi connectivity index (χ0) is 18.9. The van der Waals surface area contributed by atoms with Crippen LogP contribution in [0.5, 0.6) is 0 Å². The largest absolute Gasteiger partial charge is 0.217 e. The summed E-state index contributed by atoms with van der Waals surface area (Å²) in [6.45, 7) is 12.8. The number of hydrogen-bond donors (Lipinski definition) is 0. The van der Waals surface area contributed by atoms with Crippen LogP contribution in [0.25, 0.3) is 22.5 Å².